The molecule has 3 rings (SSSR count). The van der Waals surface area contributed by atoms with Crippen LogP contribution in [0, 0.1) is 19.9 Å². The van der Waals surface area contributed by atoms with Gasteiger partial charge in [0, 0.05) is 21.9 Å². The molecule has 0 atom stereocenters. The largest absolute Gasteiger partial charge is 0.419 e. The molecule has 4 nitrogen and oxygen atoms in total. The molecule has 0 spiro atoms. The van der Waals surface area contributed by atoms with E-state index in [0.29, 0.717) is 5.69 Å². The zero-order valence-corrected chi connectivity index (χ0v) is 14.4. The van der Waals surface area contributed by atoms with Gasteiger partial charge in [0.15, 0.2) is 0 Å². The van der Waals surface area contributed by atoms with Gasteiger partial charge >= 0.3 is 6.18 Å². The molecule has 3 aromatic rings. The third-order valence-electron chi connectivity index (χ3n) is 3.37. The topological polar surface area (TPSA) is 43.9 Å². The highest BCUT2D eigenvalue weighted by Crippen LogP contribution is 2.31. The van der Waals surface area contributed by atoms with Gasteiger partial charge in [-0.05, 0) is 37.6 Å². The first-order chi connectivity index (χ1) is 11.2. The lowest BCUT2D eigenvalue weighted by atomic mass is 10.2. The number of alkyl halides is 3. The molecule has 2 aromatic heterocycles. The highest BCUT2D eigenvalue weighted by molar-refractivity contribution is 9.10. The van der Waals surface area contributed by atoms with E-state index in [9.17, 15) is 13.2 Å². The lowest BCUT2D eigenvalue weighted by Gasteiger charge is -2.10. The molecule has 0 saturated heterocycles. The van der Waals surface area contributed by atoms with E-state index < -0.39 is 18.5 Å². The summed E-state index contributed by atoms with van der Waals surface area (Å²) in [5, 5.41) is 7.29. The van der Waals surface area contributed by atoms with Gasteiger partial charge in [0.25, 0.3) is 5.89 Å². The van der Waals surface area contributed by atoms with Gasteiger partial charge in [0.1, 0.15) is 12.1 Å². The predicted molar refractivity (Wildman–Crippen MR) is 84.8 cm³/mol. The van der Waals surface area contributed by atoms with Crippen LogP contribution in [0.15, 0.2) is 33.2 Å². The lowest BCUT2D eigenvalue weighted by Crippen LogP contribution is -2.11. The van der Waals surface area contributed by atoms with E-state index in [4.69, 9.17) is 4.42 Å². The normalized spacial score (nSPS) is 11.9. The average molecular weight is 399 g/mol. The van der Waals surface area contributed by atoms with Crippen molar-refractivity contribution < 1.29 is 17.6 Å². The summed E-state index contributed by atoms with van der Waals surface area (Å²) in [6.07, 6.45) is -5.65. The van der Waals surface area contributed by atoms with Gasteiger partial charge in [-0.15, -0.1) is 10.2 Å². The molecular weight excluding hydrogens is 387 g/mol. The van der Waals surface area contributed by atoms with Crippen molar-refractivity contribution in [3.63, 3.8) is 0 Å². The number of hydrogen-bond acceptors (Lipinski definition) is 3. The number of halogens is 4. The van der Waals surface area contributed by atoms with E-state index in [1.54, 1.807) is 6.92 Å². The Balaban J connectivity index is 2.09. The molecule has 0 saturated carbocycles. The Hall–Kier alpha value is -2.09. The molecule has 8 heteroatoms. The van der Waals surface area contributed by atoms with Crippen LogP contribution in [0.2, 0.25) is 0 Å². The molecule has 0 fully saturated rings. The molecule has 0 aliphatic heterocycles. The predicted octanol–water partition coefficient (Wildman–Crippen LogP) is 4.81. The first-order valence-electron chi connectivity index (χ1n) is 7.01. The smallest absolute Gasteiger partial charge is 0.397 e. The Morgan fingerprint density at radius 3 is 2.67 bits per heavy atom. The zero-order valence-electron chi connectivity index (χ0n) is 12.8. The average Bonchev–Trinajstić information content (AvgIpc) is 3.00. The quantitative estimate of drug-likeness (QED) is 0.635. The molecule has 2 heterocycles. The molecule has 0 aliphatic carbocycles. The first kappa shape index (κ1) is 16.8. The number of rotatable bonds is 3. The minimum absolute atomic E-state index is 0.0380. The van der Waals surface area contributed by atoms with E-state index in [1.807, 2.05) is 35.8 Å². The molecule has 0 N–H and O–H groups in total. The van der Waals surface area contributed by atoms with Crippen LogP contribution in [0.25, 0.3) is 17.3 Å². The summed E-state index contributed by atoms with van der Waals surface area (Å²) in [5.41, 5.74) is 2.86. The van der Waals surface area contributed by atoms with Gasteiger partial charge in [0.2, 0.25) is 5.89 Å². The van der Waals surface area contributed by atoms with Gasteiger partial charge in [-0.3, -0.25) is 0 Å². The van der Waals surface area contributed by atoms with Crippen LogP contribution in [0.1, 0.15) is 17.1 Å². The Bertz CT molecular complexity index is 883. The van der Waals surface area contributed by atoms with E-state index in [-0.39, 0.29) is 5.89 Å². The van der Waals surface area contributed by atoms with Crippen molar-refractivity contribution >= 4 is 15.9 Å². The summed E-state index contributed by atoms with van der Waals surface area (Å²) in [4.78, 5) is 0. The van der Waals surface area contributed by atoms with Crippen LogP contribution in [-0.4, -0.2) is 20.9 Å². The highest BCUT2D eigenvalue weighted by atomic mass is 79.9. The maximum Gasteiger partial charge on any atom is 0.397 e. The van der Waals surface area contributed by atoms with Crippen molar-refractivity contribution in [3.05, 3.63) is 52.0 Å². The van der Waals surface area contributed by atoms with E-state index >= 15 is 0 Å². The van der Waals surface area contributed by atoms with Crippen molar-refractivity contribution in [1.29, 1.82) is 0 Å². The summed E-state index contributed by atoms with van der Waals surface area (Å²) < 4.78 is 45.4. The number of nitrogens with zero attached hydrogens (tertiary/aromatic N) is 3. The van der Waals surface area contributed by atoms with Gasteiger partial charge in [-0.2, -0.15) is 13.2 Å². The lowest BCUT2D eigenvalue weighted by molar-refractivity contribution is -0.130. The standard InChI is InChI=1S/C16H12BrF3N3O/c1-9-6-10(2)23(12-5-3-4-11(17)7-12)14(9)15-22-21-13(24-15)8-16(18,19)20/h3-5,7H,8H2,1-2H3. The monoisotopic (exact) mass is 398 g/mol. The Kier molecular flexibility index (Phi) is 4.25. The van der Waals surface area contributed by atoms with Crippen LogP contribution in [0.5, 0.6) is 0 Å². The van der Waals surface area contributed by atoms with Gasteiger partial charge < -0.3 is 8.98 Å². The van der Waals surface area contributed by atoms with Crippen LogP contribution in [-0.2, 0) is 6.42 Å². The number of benzene rings is 1. The molecule has 0 bridgehead atoms. The second-order valence-electron chi connectivity index (χ2n) is 5.29. The molecule has 0 amide bonds. The molecule has 125 valence electrons. The summed E-state index contributed by atoms with van der Waals surface area (Å²) in [6, 6.07) is 10.7. The summed E-state index contributed by atoms with van der Waals surface area (Å²) >= 11 is 3.41. The van der Waals surface area contributed by atoms with Crippen LogP contribution in [0.4, 0.5) is 13.2 Å². The van der Waals surface area contributed by atoms with E-state index in [1.165, 1.54) is 0 Å². The summed E-state index contributed by atoms with van der Waals surface area (Å²) in [6.45, 7) is 3.65. The second-order valence-corrected chi connectivity index (χ2v) is 6.21. The van der Waals surface area contributed by atoms with Gasteiger partial charge in [0.05, 0.1) is 0 Å². The maximum absolute atomic E-state index is 12.5. The van der Waals surface area contributed by atoms with Crippen molar-refractivity contribution in [3.8, 4) is 17.3 Å². The summed E-state index contributed by atoms with van der Waals surface area (Å²) in [7, 11) is 0. The first-order valence-corrected chi connectivity index (χ1v) is 7.80. The Morgan fingerprint density at radius 1 is 1.25 bits per heavy atom. The van der Waals surface area contributed by atoms with E-state index in [2.05, 4.69) is 32.2 Å². The fourth-order valence-electron chi connectivity index (χ4n) is 2.51. The highest BCUT2D eigenvalue weighted by Gasteiger charge is 2.31. The zero-order chi connectivity index (χ0) is 17.5. The second kappa shape index (κ2) is 6.08. The molecular formula is C16H12BrF3N3O. The molecule has 0 aliphatic rings. The third-order valence-corrected chi connectivity index (χ3v) is 3.86. The van der Waals surface area contributed by atoms with Crippen molar-refractivity contribution in [2.75, 3.05) is 0 Å². The minimum Gasteiger partial charge on any atom is -0.419 e. The third kappa shape index (κ3) is 3.38. The number of hydrogen-bond donors (Lipinski definition) is 0. The fourth-order valence-corrected chi connectivity index (χ4v) is 2.90. The number of aryl methyl sites for hydroxylation is 2. The maximum atomic E-state index is 12.5. The van der Waals surface area contributed by atoms with E-state index in [0.717, 1.165) is 21.4 Å². The molecule has 24 heavy (non-hydrogen) atoms. The molecule has 0 unspecified atom stereocenters. The molecule has 1 radical (unpaired) electrons. The van der Waals surface area contributed by atoms with Gasteiger partial charge in [-0.1, -0.05) is 22.0 Å². The Morgan fingerprint density at radius 2 is 2.00 bits per heavy atom. The van der Waals surface area contributed by atoms with Crippen molar-refractivity contribution in [1.82, 2.24) is 14.8 Å². The SMILES string of the molecule is Cc1[c]c(C)n(-c2cccc(Br)c2)c1-c1nnc(CC(F)(F)F)o1. The van der Waals surface area contributed by atoms with Crippen LogP contribution >= 0.6 is 15.9 Å². The summed E-state index contributed by atoms with van der Waals surface area (Å²) in [5.74, 6) is -0.423. The van der Waals surface area contributed by atoms with Crippen molar-refractivity contribution in [2.24, 2.45) is 0 Å². The van der Waals surface area contributed by atoms with Crippen molar-refractivity contribution in [2.45, 2.75) is 26.4 Å². The van der Waals surface area contributed by atoms with Crippen LogP contribution in [0.3, 0.4) is 0 Å². The van der Waals surface area contributed by atoms with Crippen LogP contribution < -0.4 is 0 Å². The minimum atomic E-state index is -4.40. The number of aromatic nitrogens is 3. The molecule has 1 aromatic carbocycles. The Labute approximate surface area is 144 Å². The van der Waals surface area contributed by atoms with Gasteiger partial charge in [-0.25, -0.2) is 0 Å². The fraction of sp³-hybridized carbons (Fsp3) is 0.250.